The van der Waals surface area contributed by atoms with Crippen LogP contribution in [0.1, 0.15) is 12.5 Å². The summed E-state index contributed by atoms with van der Waals surface area (Å²) in [5.41, 5.74) is 1.26. The van der Waals surface area contributed by atoms with Crippen LogP contribution >= 0.6 is 15.9 Å². The summed E-state index contributed by atoms with van der Waals surface area (Å²) in [7, 11) is 3.14. The molecule has 0 spiro atoms. The predicted octanol–water partition coefficient (Wildman–Crippen LogP) is 3.56. The molecule has 0 saturated carbocycles. The minimum atomic E-state index is -0.377. The van der Waals surface area contributed by atoms with Gasteiger partial charge in [-0.05, 0) is 41.8 Å². The van der Waals surface area contributed by atoms with E-state index in [0.29, 0.717) is 23.7 Å². The van der Waals surface area contributed by atoms with Crippen LogP contribution in [0.15, 0.2) is 34.8 Å². The molecule has 0 atom stereocenters. The highest BCUT2D eigenvalue weighted by Gasteiger charge is 2.09. The van der Waals surface area contributed by atoms with E-state index in [9.17, 15) is 4.79 Å². The molecule has 0 radical (unpaired) electrons. The Labute approximate surface area is 127 Å². The van der Waals surface area contributed by atoms with E-state index in [1.54, 1.807) is 50.4 Å². The summed E-state index contributed by atoms with van der Waals surface area (Å²) in [6.07, 6.45) is 3.35. The van der Waals surface area contributed by atoms with Gasteiger partial charge in [0, 0.05) is 0 Å². The van der Waals surface area contributed by atoms with Crippen LogP contribution in [-0.4, -0.2) is 26.8 Å². The van der Waals surface area contributed by atoms with Crippen molar-refractivity contribution in [2.24, 2.45) is 0 Å². The molecular formula is C15H17BrO4. The molecule has 108 valence electrons. The molecule has 0 unspecified atom stereocenters. The van der Waals surface area contributed by atoms with Gasteiger partial charge in [-0.15, -0.1) is 0 Å². The van der Waals surface area contributed by atoms with Crippen molar-refractivity contribution in [1.29, 1.82) is 0 Å². The third kappa shape index (κ3) is 4.42. The predicted molar refractivity (Wildman–Crippen MR) is 82.2 cm³/mol. The van der Waals surface area contributed by atoms with Crippen LogP contribution in [0.4, 0.5) is 0 Å². The molecule has 0 heterocycles. The van der Waals surface area contributed by atoms with Crippen LogP contribution in [0.25, 0.3) is 6.08 Å². The Bertz CT molecular complexity index is 521. The second-order valence-electron chi connectivity index (χ2n) is 3.73. The van der Waals surface area contributed by atoms with Gasteiger partial charge in [0.2, 0.25) is 0 Å². The number of halogens is 1. The number of carbonyl (C=O) groups excluding carboxylic acids is 1. The molecule has 0 aliphatic carbocycles. The molecule has 5 heteroatoms. The molecule has 0 fully saturated rings. The van der Waals surface area contributed by atoms with E-state index in [1.807, 2.05) is 6.07 Å². The molecule has 0 aromatic heterocycles. The van der Waals surface area contributed by atoms with E-state index in [-0.39, 0.29) is 5.97 Å². The average Bonchev–Trinajstić information content (AvgIpc) is 2.46. The zero-order valence-electron chi connectivity index (χ0n) is 11.7. The first-order chi connectivity index (χ1) is 9.65. The fraction of sp³-hybridized carbons (Fsp3) is 0.267. The molecule has 0 amide bonds. The summed E-state index contributed by atoms with van der Waals surface area (Å²) < 4.78 is 15.4. The first-order valence-electron chi connectivity index (χ1n) is 6.03. The summed E-state index contributed by atoms with van der Waals surface area (Å²) in [4.78, 5) is 13.4. The fourth-order valence-corrected chi connectivity index (χ4v) is 1.86. The van der Waals surface area contributed by atoms with Crippen LogP contribution in [0.2, 0.25) is 0 Å². The van der Waals surface area contributed by atoms with E-state index in [2.05, 4.69) is 15.9 Å². The van der Waals surface area contributed by atoms with Gasteiger partial charge in [-0.3, -0.25) is 0 Å². The zero-order chi connectivity index (χ0) is 15.0. The summed E-state index contributed by atoms with van der Waals surface area (Å²) in [5.74, 6) is 0.864. The number of rotatable bonds is 6. The molecule has 1 aromatic carbocycles. The standard InChI is InChI=1S/C15H17BrO4/c1-4-20-15(17)12(7-8-16)9-11-5-6-13(18-2)14(10-11)19-3/h5-10H,4H2,1-3H3/b8-7-,12-9+. The van der Waals surface area contributed by atoms with Crippen LogP contribution in [-0.2, 0) is 9.53 Å². The molecule has 0 N–H and O–H groups in total. The van der Waals surface area contributed by atoms with Gasteiger partial charge in [0.1, 0.15) is 0 Å². The monoisotopic (exact) mass is 340 g/mol. The third-order valence-electron chi connectivity index (χ3n) is 2.48. The molecule has 20 heavy (non-hydrogen) atoms. The third-order valence-corrected chi connectivity index (χ3v) is 2.75. The first kappa shape index (κ1) is 16.3. The van der Waals surface area contributed by atoms with E-state index >= 15 is 0 Å². The van der Waals surface area contributed by atoms with Crippen molar-refractivity contribution in [1.82, 2.24) is 0 Å². The van der Waals surface area contributed by atoms with Gasteiger partial charge in [0.05, 0.1) is 26.4 Å². The lowest BCUT2D eigenvalue weighted by molar-refractivity contribution is -0.138. The smallest absolute Gasteiger partial charge is 0.338 e. The summed E-state index contributed by atoms with van der Waals surface area (Å²) >= 11 is 3.16. The maximum absolute atomic E-state index is 11.8. The van der Waals surface area contributed by atoms with E-state index in [1.165, 1.54) is 0 Å². The highest BCUT2D eigenvalue weighted by atomic mass is 79.9. The molecule has 0 aliphatic heterocycles. The maximum Gasteiger partial charge on any atom is 0.338 e. The Hall–Kier alpha value is -1.75. The highest BCUT2D eigenvalue weighted by molar-refractivity contribution is 9.11. The number of hydrogen-bond acceptors (Lipinski definition) is 4. The number of hydrogen-bond donors (Lipinski definition) is 0. The minimum absolute atomic E-state index is 0.332. The Morgan fingerprint density at radius 1 is 1.25 bits per heavy atom. The second-order valence-corrected chi connectivity index (χ2v) is 4.26. The lowest BCUT2D eigenvalue weighted by Crippen LogP contribution is -2.05. The van der Waals surface area contributed by atoms with Crippen molar-refractivity contribution in [3.8, 4) is 11.5 Å². The van der Waals surface area contributed by atoms with Gasteiger partial charge in [-0.1, -0.05) is 22.0 Å². The molecule has 0 saturated heterocycles. The topological polar surface area (TPSA) is 44.8 Å². The molecule has 1 aromatic rings. The van der Waals surface area contributed by atoms with Gasteiger partial charge in [-0.25, -0.2) is 4.79 Å². The van der Waals surface area contributed by atoms with Gasteiger partial charge in [0.25, 0.3) is 0 Å². The van der Waals surface area contributed by atoms with Crippen molar-refractivity contribution in [2.75, 3.05) is 20.8 Å². The SMILES string of the molecule is CCOC(=O)C(/C=C\Br)=C/c1ccc(OC)c(OC)c1. The first-order valence-corrected chi connectivity index (χ1v) is 6.95. The number of esters is 1. The van der Waals surface area contributed by atoms with E-state index in [0.717, 1.165) is 5.56 Å². The van der Waals surface area contributed by atoms with E-state index in [4.69, 9.17) is 14.2 Å². The van der Waals surface area contributed by atoms with Gasteiger partial charge < -0.3 is 14.2 Å². The van der Waals surface area contributed by atoms with Crippen molar-refractivity contribution in [3.63, 3.8) is 0 Å². The fourth-order valence-electron chi connectivity index (χ4n) is 1.58. The molecule has 0 bridgehead atoms. The largest absolute Gasteiger partial charge is 0.493 e. The van der Waals surface area contributed by atoms with Crippen LogP contribution in [0, 0.1) is 0 Å². The van der Waals surface area contributed by atoms with Gasteiger partial charge in [-0.2, -0.15) is 0 Å². The molecule has 4 nitrogen and oxygen atoms in total. The summed E-state index contributed by atoms with van der Waals surface area (Å²) in [6.45, 7) is 2.10. The van der Waals surface area contributed by atoms with Crippen LogP contribution in [0.5, 0.6) is 11.5 Å². The Morgan fingerprint density at radius 3 is 2.50 bits per heavy atom. The van der Waals surface area contributed by atoms with Crippen molar-refractivity contribution < 1.29 is 19.0 Å². The Morgan fingerprint density at radius 2 is 1.95 bits per heavy atom. The van der Waals surface area contributed by atoms with Crippen molar-refractivity contribution in [2.45, 2.75) is 6.92 Å². The van der Waals surface area contributed by atoms with Gasteiger partial charge in [0.15, 0.2) is 11.5 Å². The van der Waals surface area contributed by atoms with Crippen molar-refractivity contribution >= 4 is 28.0 Å². The quantitative estimate of drug-likeness (QED) is 0.451. The van der Waals surface area contributed by atoms with Crippen LogP contribution in [0.3, 0.4) is 0 Å². The number of methoxy groups -OCH3 is 2. The minimum Gasteiger partial charge on any atom is -0.493 e. The molecule has 1 rings (SSSR count). The second kappa shape index (κ2) is 8.43. The Balaban J connectivity index is 3.13. The molecule has 0 aliphatic rings. The van der Waals surface area contributed by atoms with Crippen LogP contribution < -0.4 is 9.47 Å². The van der Waals surface area contributed by atoms with Crippen molar-refractivity contribution in [3.05, 3.63) is 40.4 Å². The zero-order valence-corrected chi connectivity index (χ0v) is 13.3. The number of benzene rings is 1. The summed E-state index contributed by atoms with van der Waals surface area (Å²) in [6, 6.07) is 5.41. The number of ether oxygens (including phenoxy) is 3. The van der Waals surface area contributed by atoms with E-state index < -0.39 is 0 Å². The Kier molecular flexibility index (Phi) is 6.87. The lowest BCUT2D eigenvalue weighted by Gasteiger charge is -2.08. The number of carbonyl (C=O) groups is 1. The lowest BCUT2D eigenvalue weighted by atomic mass is 10.1. The molecular weight excluding hydrogens is 324 g/mol. The highest BCUT2D eigenvalue weighted by Crippen LogP contribution is 2.28. The maximum atomic E-state index is 11.8. The summed E-state index contributed by atoms with van der Waals surface area (Å²) in [5, 5.41) is 0. The van der Waals surface area contributed by atoms with Gasteiger partial charge >= 0.3 is 5.97 Å². The normalized spacial score (nSPS) is 11.5. The average molecular weight is 341 g/mol.